The monoisotopic (exact) mass is 379 g/mol. The van der Waals surface area contributed by atoms with E-state index in [1.807, 2.05) is 20.8 Å². The average molecular weight is 380 g/mol. The summed E-state index contributed by atoms with van der Waals surface area (Å²) in [6.45, 7) is 5.57. The first-order valence-electron chi connectivity index (χ1n) is 8.80. The van der Waals surface area contributed by atoms with Gasteiger partial charge in [-0.15, -0.1) is 0 Å². The van der Waals surface area contributed by atoms with Crippen LogP contribution in [0.25, 0.3) is 0 Å². The number of amides is 1. The second-order valence-corrected chi connectivity index (χ2v) is 7.75. The van der Waals surface area contributed by atoms with Gasteiger partial charge in [-0.2, -0.15) is 4.99 Å². The van der Waals surface area contributed by atoms with Crippen LogP contribution in [0.2, 0.25) is 0 Å². The lowest BCUT2D eigenvalue weighted by molar-refractivity contribution is 0.0489. The summed E-state index contributed by atoms with van der Waals surface area (Å²) in [6, 6.07) is 0.0876. The predicted octanol–water partition coefficient (Wildman–Crippen LogP) is 4.00. The van der Waals surface area contributed by atoms with Crippen LogP contribution in [0.1, 0.15) is 52.9 Å². The molecule has 2 rings (SSSR count). The molecule has 2 aliphatic rings. The van der Waals surface area contributed by atoms with Crippen molar-refractivity contribution >= 4 is 28.9 Å². The molecule has 1 N–H and O–H groups in total. The number of nitrogens with zero attached hydrogens (tertiary/aromatic N) is 2. The van der Waals surface area contributed by atoms with Crippen LogP contribution in [0.5, 0.6) is 0 Å². The molecule has 142 valence electrons. The molecule has 0 aromatic heterocycles. The Morgan fingerprint density at radius 2 is 2.15 bits per heavy atom. The van der Waals surface area contributed by atoms with Gasteiger partial charge in [-0.1, -0.05) is 18.3 Å². The smallest absolute Gasteiger partial charge is 0.407 e. The molecule has 0 saturated heterocycles. The lowest BCUT2D eigenvalue weighted by Crippen LogP contribution is -2.41. The highest BCUT2D eigenvalue weighted by atomic mass is 35.5. The molecule has 0 spiro atoms. The Morgan fingerprint density at radius 1 is 1.38 bits per heavy atom. The number of rotatable bonds is 1. The number of aliphatic imine (C=N–C) groups is 2. The van der Waals surface area contributed by atoms with Crippen LogP contribution in [0.4, 0.5) is 4.79 Å². The molecule has 7 heteroatoms. The fraction of sp³-hybridized carbons (Fsp3) is 0.632. The zero-order valence-electron chi connectivity index (χ0n) is 15.8. The minimum absolute atomic E-state index is 0.0876. The predicted molar refractivity (Wildman–Crippen MR) is 103 cm³/mol. The molecule has 1 aliphatic carbocycles. The summed E-state index contributed by atoms with van der Waals surface area (Å²) in [5.74, 6) is 7.17. The van der Waals surface area contributed by atoms with Crippen molar-refractivity contribution in [2.45, 2.75) is 64.5 Å². The lowest BCUT2D eigenvalue weighted by Gasteiger charge is -2.28. The summed E-state index contributed by atoms with van der Waals surface area (Å²) in [5, 5.41) is 3.09. The Kier molecular flexibility index (Phi) is 7.10. The molecular weight excluding hydrogens is 354 g/mol. The number of nitrogens with one attached hydrogen (secondary N) is 1. The molecule has 1 saturated carbocycles. The number of amidine groups is 1. The van der Waals surface area contributed by atoms with Crippen LogP contribution >= 0.6 is 11.6 Å². The number of hydrogen-bond acceptors (Lipinski definition) is 5. The highest BCUT2D eigenvalue weighted by molar-refractivity contribution is 6.65. The van der Waals surface area contributed by atoms with Crippen LogP contribution < -0.4 is 5.32 Å². The number of alkyl carbamates (subject to hydrolysis) is 1. The molecule has 0 bridgehead atoms. The highest BCUT2D eigenvalue weighted by Crippen LogP contribution is 2.24. The van der Waals surface area contributed by atoms with E-state index in [-0.39, 0.29) is 23.3 Å². The minimum Gasteiger partial charge on any atom is -0.484 e. The maximum Gasteiger partial charge on any atom is 0.407 e. The molecule has 1 aliphatic heterocycles. The van der Waals surface area contributed by atoms with Crippen molar-refractivity contribution in [1.29, 1.82) is 0 Å². The highest BCUT2D eigenvalue weighted by Gasteiger charge is 2.24. The van der Waals surface area contributed by atoms with E-state index in [4.69, 9.17) is 21.1 Å². The first-order valence-corrected chi connectivity index (χ1v) is 9.18. The summed E-state index contributed by atoms with van der Waals surface area (Å²) < 4.78 is 10.5. The van der Waals surface area contributed by atoms with E-state index in [1.54, 1.807) is 13.3 Å². The number of methoxy groups -OCH3 is 1. The fourth-order valence-corrected chi connectivity index (χ4v) is 2.97. The molecular formula is C19H26ClN3O3. The van der Waals surface area contributed by atoms with Gasteiger partial charge in [0, 0.05) is 23.7 Å². The van der Waals surface area contributed by atoms with Crippen LogP contribution in [0.3, 0.4) is 0 Å². The van der Waals surface area contributed by atoms with E-state index in [0.717, 1.165) is 31.3 Å². The van der Waals surface area contributed by atoms with Gasteiger partial charge >= 0.3 is 6.09 Å². The minimum atomic E-state index is -0.494. The molecule has 6 nitrogen and oxygen atoms in total. The molecule has 1 amide bonds. The number of ether oxygens (including phenoxy) is 2. The van der Waals surface area contributed by atoms with Crippen molar-refractivity contribution in [3.8, 4) is 11.8 Å². The summed E-state index contributed by atoms with van der Waals surface area (Å²) >= 11 is 5.86. The number of carbonyl (C=O) groups excluding carboxylic acids is 1. The first kappa shape index (κ1) is 20.3. The van der Waals surface area contributed by atoms with Gasteiger partial charge in [0.1, 0.15) is 5.60 Å². The van der Waals surface area contributed by atoms with E-state index in [1.165, 1.54) is 0 Å². The third-order valence-electron chi connectivity index (χ3n) is 3.95. The molecule has 0 unspecified atom stereocenters. The maximum absolute atomic E-state index is 11.9. The van der Waals surface area contributed by atoms with Crippen molar-refractivity contribution in [2.75, 3.05) is 7.11 Å². The lowest BCUT2D eigenvalue weighted by atomic mass is 9.86. The number of carbonyl (C=O) groups is 1. The van der Waals surface area contributed by atoms with Crippen LogP contribution in [0, 0.1) is 17.8 Å². The normalized spacial score (nSPS) is 23.3. The van der Waals surface area contributed by atoms with Crippen molar-refractivity contribution in [2.24, 2.45) is 15.9 Å². The second kappa shape index (κ2) is 9.09. The van der Waals surface area contributed by atoms with Crippen molar-refractivity contribution in [1.82, 2.24) is 5.32 Å². The van der Waals surface area contributed by atoms with E-state index in [0.29, 0.717) is 12.3 Å². The number of hydrogen-bond donors (Lipinski definition) is 1. The van der Waals surface area contributed by atoms with Crippen LogP contribution in [-0.2, 0) is 9.47 Å². The van der Waals surface area contributed by atoms with Gasteiger partial charge in [0.05, 0.1) is 13.5 Å². The summed E-state index contributed by atoms with van der Waals surface area (Å²) in [6.07, 6.45) is 5.53. The van der Waals surface area contributed by atoms with E-state index in [2.05, 4.69) is 27.1 Å². The van der Waals surface area contributed by atoms with E-state index >= 15 is 0 Å². The van der Waals surface area contributed by atoms with Gasteiger partial charge < -0.3 is 14.8 Å². The van der Waals surface area contributed by atoms with Crippen LogP contribution in [0.15, 0.2) is 21.8 Å². The van der Waals surface area contributed by atoms with Crippen molar-refractivity contribution in [3.05, 3.63) is 11.8 Å². The van der Waals surface area contributed by atoms with Gasteiger partial charge in [0.25, 0.3) is 0 Å². The molecule has 2 atom stereocenters. The Morgan fingerprint density at radius 3 is 2.85 bits per heavy atom. The molecule has 26 heavy (non-hydrogen) atoms. The van der Waals surface area contributed by atoms with Crippen molar-refractivity contribution < 1.29 is 14.3 Å². The largest absolute Gasteiger partial charge is 0.484 e. The fourth-order valence-electron chi connectivity index (χ4n) is 2.83. The summed E-state index contributed by atoms with van der Waals surface area (Å²) in [5.41, 5.74) is 0.315. The molecule has 1 heterocycles. The van der Waals surface area contributed by atoms with Gasteiger partial charge in [-0.3, -0.25) is 0 Å². The topological polar surface area (TPSA) is 72.3 Å². The Labute approximate surface area is 160 Å². The van der Waals surface area contributed by atoms with Crippen LogP contribution in [-0.4, -0.2) is 36.0 Å². The SMILES string of the molecule is COC1=NC(Cl)=NC=C(C#C[C@@H]2CCC[C@H](NC(=O)OC(C)(C)C)C2)C1. The van der Waals surface area contributed by atoms with Gasteiger partial charge in [0.2, 0.25) is 5.29 Å². The Balaban J connectivity index is 1.94. The Bertz CT molecular complexity index is 680. The molecule has 0 radical (unpaired) electrons. The van der Waals surface area contributed by atoms with Gasteiger partial charge in [0.15, 0.2) is 5.90 Å². The third kappa shape index (κ3) is 7.09. The first-order chi connectivity index (χ1) is 12.2. The zero-order chi connectivity index (χ0) is 19.2. The Hall–Kier alpha value is -2.00. The average Bonchev–Trinajstić information content (AvgIpc) is 2.72. The van der Waals surface area contributed by atoms with Gasteiger partial charge in [-0.05, 0) is 51.6 Å². The van der Waals surface area contributed by atoms with Gasteiger partial charge in [-0.25, -0.2) is 9.79 Å². The summed E-state index contributed by atoms with van der Waals surface area (Å²) in [4.78, 5) is 20.0. The van der Waals surface area contributed by atoms with Crippen molar-refractivity contribution in [3.63, 3.8) is 0 Å². The number of halogens is 1. The zero-order valence-corrected chi connectivity index (χ0v) is 16.5. The molecule has 1 fully saturated rings. The summed E-state index contributed by atoms with van der Waals surface area (Å²) in [7, 11) is 1.55. The van der Waals surface area contributed by atoms with E-state index < -0.39 is 5.60 Å². The maximum atomic E-state index is 11.9. The van der Waals surface area contributed by atoms with E-state index in [9.17, 15) is 4.79 Å². The quantitative estimate of drug-likeness (QED) is 0.552. The standard InChI is InChI=1S/C19H26ClN3O3/c1-19(2,3)26-18(24)22-15-7-5-6-13(10-15)8-9-14-11-16(25-4)23-17(20)21-12-14/h12-13,15H,5-7,10-11H2,1-4H3,(H,22,24)/t13-,15-/m0/s1. The second-order valence-electron chi connectivity index (χ2n) is 7.41. The molecule has 0 aromatic rings. The third-order valence-corrected chi connectivity index (χ3v) is 4.14. The molecule has 0 aromatic carbocycles.